The lowest BCUT2D eigenvalue weighted by Gasteiger charge is -2.40. The van der Waals surface area contributed by atoms with Gasteiger partial charge in [-0.2, -0.15) is 0 Å². The van der Waals surface area contributed by atoms with Crippen LogP contribution >= 0.6 is 0 Å². The number of piperazine rings is 1. The third-order valence-electron chi connectivity index (χ3n) is 2.77. The number of amides is 2. The van der Waals surface area contributed by atoms with E-state index in [1.165, 1.54) is 11.8 Å². The molecule has 1 saturated heterocycles. The summed E-state index contributed by atoms with van der Waals surface area (Å²) in [5.74, 6) is -0.0442. The lowest BCUT2D eigenvalue weighted by Crippen LogP contribution is -2.58. The zero-order valence-corrected chi connectivity index (χ0v) is 11.5. The van der Waals surface area contributed by atoms with E-state index in [9.17, 15) is 14.7 Å². The van der Waals surface area contributed by atoms with E-state index in [0.717, 1.165) is 0 Å². The summed E-state index contributed by atoms with van der Waals surface area (Å²) in [6.07, 6.45) is -0.440. The second-order valence-electron chi connectivity index (χ2n) is 5.48. The molecule has 1 fully saturated rings. The van der Waals surface area contributed by atoms with E-state index in [2.05, 4.69) is 0 Å². The number of ether oxygens (including phenoxy) is 1. The van der Waals surface area contributed by atoms with Crippen LogP contribution in [0.5, 0.6) is 0 Å². The van der Waals surface area contributed by atoms with Crippen LogP contribution in [0.1, 0.15) is 27.7 Å². The molecular formula is C12H22N2O4. The van der Waals surface area contributed by atoms with Crippen molar-refractivity contribution in [1.82, 2.24) is 9.80 Å². The lowest BCUT2D eigenvalue weighted by atomic mass is 10.1. The molecule has 2 amide bonds. The van der Waals surface area contributed by atoms with E-state index in [-0.39, 0.29) is 12.5 Å². The van der Waals surface area contributed by atoms with Gasteiger partial charge in [-0.3, -0.25) is 9.69 Å². The molecule has 1 unspecified atom stereocenters. The Kier molecular flexibility index (Phi) is 4.56. The minimum atomic E-state index is -0.561. The minimum absolute atomic E-state index is 0.0442. The van der Waals surface area contributed by atoms with Gasteiger partial charge in [0, 0.05) is 26.6 Å². The number of nitrogens with zero attached hydrogens (tertiary/aromatic N) is 2. The number of carbonyl (C=O) groups excluding carboxylic acids is 2. The van der Waals surface area contributed by atoms with Crippen LogP contribution < -0.4 is 0 Å². The average molecular weight is 258 g/mol. The van der Waals surface area contributed by atoms with Crippen LogP contribution in [0, 0.1) is 0 Å². The molecule has 1 aliphatic heterocycles. The zero-order valence-electron chi connectivity index (χ0n) is 11.5. The summed E-state index contributed by atoms with van der Waals surface area (Å²) in [5, 5.41) is 9.32. The number of carbonyl (C=O) groups is 2. The standard InChI is InChI=1S/C12H22N2O4/c1-9(16)13-5-6-14(10(7-13)8-15)11(17)18-12(2,3)4/h10,15H,5-8H2,1-4H3. The number of hydrogen-bond donors (Lipinski definition) is 1. The maximum Gasteiger partial charge on any atom is 0.410 e. The van der Waals surface area contributed by atoms with Crippen molar-refractivity contribution in [2.75, 3.05) is 26.2 Å². The van der Waals surface area contributed by atoms with Crippen molar-refractivity contribution in [3.05, 3.63) is 0 Å². The highest BCUT2D eigenvalue weighted by Gasteiger charge is 2.33. The van der Waals surface area contributed by atoms with Crippen LogP contribution in [0.4, 0.5) is 4.79 Å². The Morgan fingerprint density at radius 2 is 1.94 bits per heavy atom. The third-order valence-corrected chi connectivity index (χ3v) is 2.77. The summed E-state index contributed by atoms with van der Waals surface area (Å²) in [6, 6.07) is -0.391. The number of hydrogen-bond acceptors (Lipinski definition) is 4. The first-order valence-corrected chi connectivity index (χ1v) is 6.10. The van der Waals surface area contributed by atoms with Crippen molar-refractivity contribution in [3.63, 3.8) is 0 Å². The molecule has 1 aliphatic rings. The molecule has 18 heavy (non-hydrogen) atoms. The van der Waals surface area contributed by atoms with E-state index in [4.69, 9.17) is 4.74 Å². The zero-order chi connectivity index (χ0) is 13.9. The molecule has 1 rings (SSSR count). The molecule has 6 nitrogen and oxygen atoms in total. The number of aliphatic hydroxyl groups is 1. The fourth-order valence-corrected chi connectivity index (χ4v) is 1.86. The van der Waals surface area contributed by atoms with Crippen molar-refractivity contribution in [3.8, 4) is 0 Å². The van der Waals surface area contributed by atoms with Gasteiger partial charge in [-0.25, -0.2) is 4.79 Å². The van der Waals surface area contributed by atoms with Gasteiger partial charge < -0.3 is 14.7 Å². The minimum Gasteiger partial charge on any atom is -0.444 e. The molecule has 6 heteroatoms. The normalized spacial score (nSPS) is 20.8. The van der Waals surface area contributed by atoms with Crippen LogP contribution in [-0.4, -0.2) is 64.8 Å². The van der Waals surface area contributed by atoms with E-state index in [0.29, 0.717) is 19.6 Å². The predicted molar refractivity (Wildman–Crippen MR) is 66.1 cm³/mol. The van der Waals surface area contributed by atoms with E-state index in [1.807, 2.05) is 0 Å². The first-order chi connectivity index (χ1) is 8.24. The molecule has 0 aromatic heterocycles. The van der Waals surface area contributed by atoms with Gasteiger partial charge >= 0.3 is 6.09 Å². The van der Waals surface area contributed by atoms with Crippen LogP contribution in [0.2, 0.25) is 0 Å². The summed E-state index contributed by atoms with van der Waals surface area (Å²) >= 11 is 0. The summed E-state index contributed by atoms with van der Waals surface area (Å²) in [7, 11) is 0. The molecule has 1 atom stereocenters. The highest BCUT2D eigenvalue weighted by molar-refractivity contribution is 5.74. The van der Waals surface area contributed by atoms with Crippen molar-refractivity contribution >= 4 is 12.0 Å². The fourth-order valence-electron chi connectivity index (χ4n) is 1.86. The van der Waals surface area contributed by atoms with E-state index in [1.54, 1.807) is 25.7 Å². The molecule has 0 bridgehead atoms. The van der Waals surface area contributed by atoms with E-state index < -0.39 is 17.7 Å². The van der Waals surface area contributed by atoms with Crippen molar-refractivity contribution in [2.24, 2.45) is 0 Å². The maximum atomic E-state index is 11.9. The largest absolute Gasteiger partial charge is 0.444 e. The maximum absolute atomic E-state index is 11.9. The molecule has 0 saturated carbocycles. The molecule has 0 spiro atoms. The molecule has 0 aliphatic carbocycles. The Bertz CT molecular complexity index is 325. The Balaban J connectivity index is 2.67. The van der Waals surface area contributed by atoms with Gasteiger partial charge in [0.1, 0.15) is 5.60 Å². The van der Waals surface area contributed by atoms with Crippen molar-refractivity contribution in [1.29, 1.82) is 0 Å². The fraction of sp³-hybridized carbons (Fsp3) is 0.833. The first kappa shape index (κ1) is 14.8. The Labute approximate surface area is 107 Å². The molecule has 1 N–H and O–H groups in total. The predicted octanol–water partition coefficient (Wildman–Crippen LogP) is 0.447. The topological polar surface area (TPSA) is 70.1 Å². The quantitative estimate of drug-likeness (QED) is 0.741. The molecule has 0 radical (unpaired) electrons. The van der Waals surface area contributed by atoms with Gasteiger partial charge in [0.2, 0.25) is 5.91 Å². The molecule has 1 heterocycles. The average Bonchev–Trinajstić information content (AvgIpc) is 2.25. The van der Waals surface area contributed by atoms with Crippen molar-refractivity contribution < 1.29 is 19.4 Å². The third kappa shape index (κ3) is 3.87. The summed E-state index contributed by atoms with van der Waals surface area (Å²) in [6.45, 7) is 7.91. The molecule has 0 aromatic rings. The molecule has 0 aromatic carbocycles. The first-order valence-electron chi connectivity index (χ1n) is 6.10. The van der Waals surface area contributed by atoms with Crippen LogP contribution in [0.3, 0.4) is 0 Å². The van der Waals surface area contributed by atoms with Gasteiger partial charge in [-0.15, -0.1) is 0 Å². The van der Waals surface area contributed by atoms with Gasteiger partial charge in [0.05, 0.1) is 12.6 Å². The summed E-state index contributed by atoms with van der Waals surface area (Å²) < 4.78 is 5.28. The smallest absolute Gasteiger partial charge is 0.410 e. The van der Waals surface area contributed by atoms with Crippen LogP contribution in [-0.2, 0) is 9.53 Å². The Hall–Kier alpha value is -1.30. The van der Waals surface area contributed by atoms with E-state index >= 15 is 0 Å². The summed E-state index contributed by atoms with van der Waals surface area (Å²) in [4.78, 5) is 26.3. The second kappa shape index (κ2) is 5.56. The SMILES string of the molecule is CC(=O)N1CCN(C(=O)OC(C)(C)C)C(CO)C1. The van der Waals surface area contributed by atoms with Crippen molar-refractivity contribution in [2.45, 2.75) is 39.3 Å². The Morgan fingerprint density at radius 3 is 2.39 bits per heavy atom. The number of rotatable bonds is 1. The Morgan fingerprint density at radius 1 is 1.33 bits per heavy atom. The van der Waals surface area contributed by atoms with Gasteiger partial charge in [0.25, 0.3) is 0 Å². The van der Waals surface area contributed by atoms with Crippen LogP contribution in [0.15, 0.2) is 0 Å². The molecular weight excluding hydrogens is 236 g/mol. The second-order valence-corrected chi connectivity index (χ2v) is 5.48. The molecule has 104 valence electrons. The lowest BCUT2D eigenvalue weighted by molar-refractivity contribution is -0.132. The van der Waals surface area contributed by atoms with Gasteiger partial charge in [-0.1, -0.05) is 0 Å². The highest BCUT2D eigenvalue weighted by Crippen LogP contribution is 2.15. The van der Waals surface area contributed by atoms with Gasteiger partial charge in [-0.05, 0) is 20.8 Å². The van der Waals surface area contributed by atoms with Gasteiger partial charge in [0.15, 0.2) is 0 Å². The van der Waals surface area contributed by atoms with Crippen LogP contribution in [0.25, 0.3) is 0 Å². The highest BCUT2D eigenvalue weighted by atomic mass is 16.6. The monoisotopic (exact) mass is 258 g/mol. The summed E-state index contributed by atoms with van der Waals surface area (Å²) in [5.41, 5.74) is -0.561. The number of aliphatic hydroxyl groups excluding tert-OH is 1.